The van der Waals surface area contributed by atoms with E-state index in [1.54, 1.807) is 0 Å². The van der Waals surface area contributed by atoms with E-state index in [1.165, 1.54) is 41.2 Å². The van der Waals surface area contributed by atoms with Gasteiger partial charge in [0, 0.05) is 35.0 Å². The van der Waals surface area contributed by atoms with Gasteiger partial charge in [-0.25, -0.2) is 0 Å². The lowest BCUT2D eigenvalue weighted by Gasteiger charge is -2.28. The number of likely N-dealkylation sites (tertiary alicyclic amines) is 1. The Morgan fingerprint density at radius 2 is 1.95 bits per heavy atom. The highest BCUT2D eigenvalue weighted by Crippen LogP contribution is 2.30. The number of carbonyl (C=O) groups is 1. The molecule has 202 valence electrons. The van der Waals surface area contributed by atoms with Gasteiger partial charge < -0.3 is 25.6 Å². The molecule has 38 heavy (non-hydrogen) atoms. The van der Waals surface area contributed by atoms with Crippen molar-refractivity contribution in [2.45, 2.75) is 45.4 Å². The van der Waals surface area contributed by atoms with Gasteiger partial charge in [0.25, 0.3) is 5.91 Å². The molecule has 0 bridgehead atoms. The van der Waals surface area contributed by atoms with Gasteiger partial charge in [0.1, 0.15) is 11.9 Å². The van der Waals surface area contributed by atoms with Crippen LogP contribution in [-0.2, 0) is 6.54 Å². The van der Waals surface area contributed by atoms with Crippen molar-refractivity contribution in [2.75, 3.05) is 39.8 Å². The highest BCUT2D eigenvalue weighted by Gasteiger charge is 2.20. The van der Waals surface area contributed by atoms with E-state index in [-0.39, 0.29) is 18.1 Å². The van der Waals surface area contributed by atoms with E-state index in [0.29, 0.717) is 5.56 Å². The number of nitrogens with zero attached hydrogens (tertiary/aromatic N) is 1. The van der Waals surface area contributed by atoms with E-state index in [0.717, 1.165) is 49.0 Å². The predicted molar refractivity (Wildman–Crippen MR) is 156 cm³/mol. The first-order chi connectivity index (χ1) is 18.4. The van der Waals surface area contributed by atoms with Gasteiger partial charge in [-0.2, -0.15) is 0 Å². The number of piperidine rings is 1. The molecule has 1 atom stereocenters. The quantitative estimate of drug-likeness (QED) is 0.343. The molecule has 1 amide bonds. The molecule has 2 saturated heterocycles. The summed E-state index contributed by atoms with van der Waals surface area (Å²) in [5.74, 6) is 1.46. The van der Waals surface area contributed by atoms with Gasteiger partial charge in [0.2, 0.25) is 0 Å². The Balaban J connectivity index is 1.17. The van der Waals surface area contributed by atoms with Crippen LogP contribution in [0.15, 0.2) is 54.6 Å². The minimum Gasteiger partial charge on any atom is -0.488 e. The number of hydrogen-bond acceptors (Lipinski definition) is 6. The maximum atomic E-state index is 13.2. The molecule has 0 saturated carbocycles. The Labute approximate surface area is 230 Å². The summed E-state index contributed by atoms with van der Waals surface area (Å²) in [5.41, 5.74) is 3.89. The molecule has 3 N–H and O–H groups in total. The zero-order chi connectivity index (χ0) is 26.5. The van der Waals surface area contributed by atoms with Crippen LogP contribution in [0.4, 0.5) is 0 Å². The summed E-state index contributed by atoms with van der Waals surface area (Å²) in [5, 5.41) is 10.1. The minimum atomic E-state index is -0.113. The second kappa shape index (κ2) is 12.4. The van der Waals surface area contributed by atoms with Gasteiger partial charge in [0.05, 0.1) is 6.04 Å². The average molecular weight is 533 g/mol. The Kier molecular flexibility index (Phi) is 8.79. The zero-order valence-corrected chi connectivity index (χ0v) is 23.6. The number of thiophene rings is 1. The molecule has 3 heterocycles. The summed E-state index contributed by atoms with van der Waals surface area (Å²) in [4.78, 5) is 18.2. The van der Waals surface area contributed by atoms with E-state index in [2.05, 4.69) is 64.3 Å². The fraction of sp³-hybridized carbons (Fsp3) is 0.452. The lowest BCUT2D eigenvalue weighted by atomic mass is 9.97. The van der Waals surface area contributed by atoms with Crippen molar-refractivity contribution in [3.8, 4) is 16.2 Å². The summed E-state index contributed by atoms with van der Waals surface area (Å²) in [6.45, 7) is 10.1. The second-order valence-corrected chi connectivity index (χ2v) is 12.0. The highest BCUT2D eigenvalue weighted by atomic mass is 32.1. The summed E-state index contributed by atoms with van der Waals surface area (Å²) < 4.78 is 5.96. The van der Waals surface area contributed by atoms with Crippen LogP contribution in [0.5, 0.6) is 5.75 Å². The molecular formula is C31H40N4O2S. The number of hydrogen-bond donors (Lipinski definition) is 3. The molecule has 6 nitrogen and oxygen atoms in total. The molecule has 3 aromatic rings. The van der Waals surface area contributed by atoms with Gasteiger partial charge in [-0.15, -0.1) is 11.3 Å². The van der Waals surface area contributed by atoms with E-state index in [4.69, 9.17) is 4.74 Å². The number of aryl methyl sites for hydroxylation is 1. The third-order valence-corrected chi connectivity index (χ3v) is 8.89. The first-order valence-electron chi connectivity index (χ1n) is 13.8. The van der Waals surface area contributed by atoms with Crippen LogP contribution in [-0.4, -0.2) is 56.7 Å². The SMILES string of the molecule is Cc1ccc(OC2CNC2)cc1C(=O)NC(C)c1cccc(-c2ccc(CNCC3CCN(C)CC3)s2)c1. The normalized spacial score (nSPS) is 17.7. The molecule has 2 aliphatic rings. The number of benzene rings is 2. The fourth-order valence-electron chi connectivity index (χ4n) is 5.07. The van der Waals surface area contributed by atoms with Crippen LogP contribution in [0.2, 0.25) is 0 Å². The van der Waals surface area contributed by atoms with E-state index in [9.17, 15) is 4.79 Å². The van der Waals surface area contributed by atoms with Crippen molar-refractivity contribution < 1.29 is 9.53 Å². The van der Waals surface area contributed by atoms with Crippen molar-refractivity contribution in [1.82, 2.24) is 20.9 Å². The topological polar surface area (TPSA) is 65.6 Å². The van der Waals surface area contributed by atoms with Crippen LogP contribution >= 0.6 is 11.3 Å². The number of ether oxygens (including phenoxy) is 1. The molecule has 1 unspecified atom stereocenters. The standard InChI is InChI=1S/C31H40N4O2S/c1-21-7-8-26(37-27-18-33-19-27)16-29(21)31(36)34-22(2)24-5-4-6-25(15-24)30-10-9-28(38-30)20-32-17-23-11-13-35(3)14-12-23/h4-10,15-16,22-23,27,32-33H,11-14,17-20H2,1-3H3,(H,34,36). The van der Waals surface area contributed by atoms with Crippen molar-refractivity contribution in [3.05, 3.63) is 76.2 Å². The monoisotopic (exact) mass is 532 g/mol. The first-order valence-corrected chi connectivity index (χ1v) is 14.6. The lowest BCUT2D eigenvalue weighted by Crippen LogP contribution is -2.50. The van der Waals surface area contributed by atoms with E-state index in [1.807, 2.05) is 43.4 Å². The fourth-order valence-corrected chi connectivity index (χ4v) is 6.04. The number of nitrogens with one attached hydrogen (secondary N) is 3. The van der Waals surface area contributed by atoms with Crippen LogP contribution in [0, 0.1) is 12.8 Å². The van der Waals surface area contributed by atoms with Gasteiger partial charge in [-0.1, -0.05) is 24.3 Å². The summed E-state index contributed by atoms with van der Waals surface area (Å²) >= 11 is 1.84. The number of rotatable bonds is 10. The molecule has 7 heteroatoms. The maximum absolute atomic E-state index is 13.2. The van der Waals surface area contributed by atoms with Crippen molar-refractivity contribution >= 4 is 17.2 Å². The molecule has 2 aliphatic heterocycles. The predicted octanol–water partition coefficient (Wildman–Crippen LogP) is 5.00. The van der Waals surface area contributed by atoms with Gasteiger partial charge in [0.15, 0.2) is 0 Å². The highest BCUT2D eigenvalue weighted by molar-refractivity contribution is 7.15. The van der Waals surface area contributed by atoms with E-state index < -0.39 is 0 Å². The van der Waals surface area contributed by atoms with Crippen molar-refractivity contribution in [2.24, 2.45) is 5.92 Å². The lowest BCUT2D eigenvalue weighted by molar-refractivity contribution is 0.0937. The molecule has 2 fully saturated rings. The van der Waals surface area contributed by atoms with Crippen LogP contribution in [0.1, 0.15) is 52.2 Å². The smallest absolute Gasteiger partial charge is 0.252 e. The minimum absolute atomic E-state index is 0.0771. The van der Waals surface area contributed by atoms with Crippen molar-refractivity contribution in [3.63, 3.8) is 0 Å². The molecule has 0 radical (unpaired) electrons. The third-order valence-electron chi connectivity index (χ3n) is 7.75. The van der Waals surface area contributed by atoms with Crippen LogP contribution < -0.4 is 20.7 Å². The Morgan fingerprint density at radius 3 is 2.71 bits per heavy atom. The second-order valence-electron chi connectivity index (χ2n) is 10.8. The number of carbonyl (C=O) groups excluding carboxylic acids is 1. The van der Waals surface area contributed by atoms with Gasteiger partial charge in [-0.3, -0.25) is 4.79 Å². The van der Waals surface area contributed by atoms with Gasteiger partial charge in [-0.05, 0) is 106 Å². The molecular weight excluding hydrogens is 492 g/mol. The van der Waals surface area contributed by atoms with Crippen LogP contribution in [0.3, 0.4) is 0 Å². The first kappa shape index (κ1) is 26.9. The molecule has 1 aromatic heterocycles. The Morgan fingerprint density at radius 1 is 1.13 bits per heavy atom. The molecule has 5 rings (SSSR count). The largest absolute Gasteiger partial charge is 0.488 e. The zero-order valence-electron chi connectivity index (χ0n) is 22.8. The summed E-state index contributed by atoms with van der Waals surface area (Å²) in [6, 6.07) is 18.6. The number of amides is 1. The molecule has 0 spiro atoms. The summed E-state index contributed by atoms with van der Waals surface area (Å²) in [6.07, 6.45) is 2.76. The third kappa shape index (κ3) is 6.83. The Hall–Kier alpha value is -2.71. The summed E-state index contributed by atoms with van der Waals surface area (Å²) in [7, 11) is 2.21. The Bertz CT molecular complexity index is 1230. The molecule has 2 aromatic carbocycles. The maximum Gasteiger partial charge on any atom is 0.252 e. The van der Waals surface area contributed by atoms with E-state index >= 15 is 0 Å². The van der Waals surface area contributed by atoms with Crippen LogP contribution in [0.25, 0.3) is 10.4 Å². The van der Waals surface area contributed by atoms with Gasteiger partial charge >= 0.3 is 0 Å². The van der Waals surface area contributed by atoms with Crippen molar-refractivity contribution in [1.29, 1.82) is 0 Å². The average Bonchev–Trinajstić information content (AvgIpc) is 3.37. The molecule has 0 aliphatic carbocycles.